The molecule has 0 aromatic rings. The first-order valence-corrected chi connectivity index (χ1v) is 7.83. The van der Waals surface area contributed by atoms with Crippen molar-refractivity contribution >= 4 is 5.71 Å². The molecule has 0 rings (SSSR count). The standard InChI is InChI=1S/C19H31N/c1-6-9-10-15-18(5)20-19(13-8-3)16-11-14-17(4)12-7-2/h7,11-14H,2,6,8-10,15-16H2,1,3-5H3/b14-11-,17-12-,19-13-,20-18+. The van der Waals surface area contributed by atoms with E-state index in [0.717, 1.165) is 19.3 Å². The van der Waals surface area contributed by atoms with E-state index in [9.17, 15) is 0 Å². The van der Waals surface area contributed by atoms with Crippen molar-refractivity contribution < 1.29 is 0 Å². The van der Waals surface area contributed by atoms with Crippen LogP contribution in [0.5, 0.6) is 0 Å². The van der Waals surface area contributed by atoms with Gasteiger partial charge in [-0.05, 0) is 33.1 Å². The summed E-state index contributed by atoms with van der Waals surface area (Å²) in [6.45, 7) is 12.3. The minimum Gasteiger partial charge on any atom is -0.263 e. The second-order valence-electron chi connectivity index (χ2n) is 5.16. The Morgan fingerprint density at radius 2 is 1.90 bits per heavy atom. The van der Waals surface area contributed by atoms with Gasteiger partial charge in [-0.15, -0.1) is 0 Å². The maximum Gasteiger partial charge on any atom is 0.0400 e. The van der Waals surface area contributed by atoms with E-state index in [4.69, 9.17) is 4.99 Å². The van der Waals surface area contributed by atoms with Gasteiger partial charge in [0.1, 0.15) is 0 Å². The number of hydrogen-bond donors (Lipinski definition) is 0. The molecule has 0 aromatic heterocycles. The summed E-state index contributed by atoms with van der Waals surface area (Å²) in [5, 5.41) is 0. The molecule has 0 amide bonds. The highest BCUT2D eigenvalue weighted by atomic mass is 14.7. The van der Waals surface area contributed by atoms with Gasteiger partial charge in [0.15, 0.2) is 0 Å². The van der Waals surface area contributed by atoms with Gasteiger partial charge in [-0.1, -0.05) is 69.2 Å². The number of allylic oxidation sites excluding steroid dienone is 6. The predicted octanol–water partition coefficient (Wildman–Crippen LogP) is 6.40. The van der Waals surface area contributed by atoms with Crippen molar-refractivity contribution in [2.24, 2.45) is 4.99 Å². The Bertz CT molecular complexity index is 381. The van der Waals surface area contributed by atoms with Gasteiger partial charge in [0.05, 0.1) is 0 Å². The van der Waals surface area contributed by atoms with E-state index in [0.29, 0.717) is 0 Å². The first-order valence-electron chi connectivity index (χ1n) is 7.83. The van der Waals surface area contributed by atoms with Crippen LogP contribution in [-0.4, -0.2) is 5.71 Å². The molecule has 0 aliphatic rings. The second-order valence-corrected chi connectivity index (χ2v) is 5.16. The second kappa shape index (κ2) is 12.7. The number of hydrogen-bond acceptors (Lipinski definition) is 1. The van der Waals surface area contributed by atoms with E-state index in [1.165, 1.54) is 36.2 Å². The molecule has 0 N–H and O–H groups in total. The summed E-state index contributed by atoms with van der Waals surface area (Å²) >= 11 is 0. The maximum absolute atomic E-state index is 4.77. The van der Waals surface area contributed by atoms with Gasteiger partial charge in [-0.25, -0.2) is 0 Å². The van der Waals surface area contributed by atoms with Crippen LogP contribution in [-0.2, 0) is 0 Å². The zero-order chi connectivity index (χ0) is 15.2. The highest BCUT2D eigenvalue weighted by Gasteiger charge is 1.96. The van der Waals surface area contributed by atoms with Gasteiger partial charge >= 0.3 is 0 Å². The molecule has 1 nitrogen and oxygen atoms in total. The highest BCUT2D eigenvalue weighted by Crippen LogP contribution is 2.10. The Balaban J connectivity index is 4.50. The Hall–Kier alpha value is -1.37. The molecular weight excluding hydrogens is 242 g/mol. The van der Waals surface area contributed by atoms with Crippen LogP contribution in [0.3, 0.4) is 0 Å². The molecule has 0 fully saturated rings. The van der Waals surface area contributed by atoms with Crippen molar-refractivity contribution in [3.63, 3.8) is 0 Å². The third kappa shape index (κ3) is 10.5. The van der Waals surface area contributed by atoms with E-state index < -0.39 is 0 Å². The van der Waals surface area contributed by atoms with Gasteiger partial charge in [-0.3, -0.25) is 4.99 Å². The van der Waals surface area contributed by atoms with Crippen LogP contribution in [0.25, 0.3) is 0 Å². The lowest BCUT2D eigenvalue weighted by Gasteiger charge is -2.03. The lowest BCUT2D eigenvalue weighted by molar-refractivity contribution is 0.740. The molecule has 0 unspecified atom stereocenters. The molecule has 1 heteroatoms. The Kier molecular flexibility index (Phi) is 11.8. The lowest BCUT2D eigenvalue weighted by Crippen LogP contribution is -1.93. The molecule has 20 heavy (non-hydrogen) atoms. The topological polar surface area (TPSA) is 12.4 Å². The van der Waals surface area contributed by atoms with Crippen LogP contribution in [0.2, 0.25) is 0 Å². The molecule has 0 saturated heterocycles. The maximum atomic E-state index is 4.77. The Morgan fingerprint density at radius 1 is 1.15 bits per heavy atom. The monoisotopic (exact) mass is 273 g/mol. The minimum absolute atomic E-state index is 0.904. The number of unbranched alkanes of at least 4 members (excludes halogenated alkanes) is 2. The van der Waals surface area contributed by atoms with Gasteiger partial charge in [0.25, 0.3) is 0 Å². The fourth-order valence-electron chi connectivity index (χ4n) is 1.95. The number of nitrogens with zero attached hydrogens (tertiary/aromatic N) is 1. The van der Waals surface area contributed by atoms with Gasteiger partial charge in [0.2, 0.25) is 0 Å². The fourth-order valence-corrected chi connectivity index (χ4v) is 1.95. The highest BCUT2D eigenvalue weighted by molar-refractivity contribution is 5.82. The first-order chi connectivity index (χ1) is 9.63. The van der Waals surface area contributed by atoms with Crippen LogP contribution in [0.15, 0.2) is 53.2 Å². The van der Waals surface area contributed by atoms with Crippen LogP contribution in [0.4, 0.5) is 0 Å². The predicted molar refractivity (Wildman–Crippen MR) is 93.3 cm³/mol. The van der Waals surface area contributed by atoms with Crippen molar-refractivity contribution in [2.45, 2.75) is 66.2 Å². The summed E-state index contributed by atoms with van der Waals surface area (Å²) in [7, 11) is 0. The molecule has 0 aliphatic heterocycles. The summed E-state index contributed by atoms with van der Waals surface area (Å²) in [5.74, 6) is 0. The average Bonchev–Trinajstić information content (AvgIpc) is 2.39. The summed E-state index contributed by atoms with van der Waals surface area (Å²) in [4.78, 5) is 4.77. The molecule has 0 heterocycles. The van der Waals surface area contributed by atoms with E-state index >= 15 is 0 Å². The van der Waals surface area contributed by atoms with Gasteiger partial charge < -0.3 is 0 Å². The third-order valence-corrected chi connectivity index (χ3v) is 3.00. The molecule has 0 radical (unpaired) electrons. The van der Waals surface area contributed by atoms with E-state index in [1.807, 2.05) is 12.2 Å². The van der Waals surface area contributed by atoms with Crippen LogP contribution in [0, 0.1) is 0 Å². The SMILES string of the molecule is C=C/C=C(C)\C=C/CC(=C/CC)/N=C(\C)CCCCC. The van der Waals surface area contributed by atoms with Crippen molar-refractivity contribution in [3.8, 4) is 0 Å². The van der Waals surface area contributed by atoms with Crippen LogP contribution in [0.1, 0.15) is 66.2 Å². The first kappa shape index (κ1) is 18.6. The lowest BCUT2D eigenvalue weighted by atomic mass is 10.1. The molecule has 112 valence electrons. The minimum atomic E-state index is 0.904. The normalized spacial score (nSPS) is 14.1. The van der Waals surface area contributed by atoms with Gasteiger partial charge in [0, 0.05) is 17.8 Å². The third-order valence-electron chi connectivity index (χ3n) is 3.00. The quantitative estimate of drug-likeness (QED) is 0.248. The Morgan fingerprint density at radius 3 is 2.50 bits per heavy atom. The van der Waals surface area contributed by atoms with Crippen LogP contribution >= 0.6 is 0 Å². The Labute approximate surface area is 125 Å². The van der Waals surface area contributed by atoms with Crippen molar-refractivity contribution in [2.75, 3.05) is 0 Å². The average molecular weight is 273 g/mol. The van der Waals surface area contributed by atoms with E-state index in [2.05, 4.69) is 52.5 Å². The number of aliphatic imine (C=N–C) groups is 1. The summed E-state index contributed by atoms with van der Waals surface area (Å²) in [6, 6.07) is 0. The van der Waals surface area contributed by atoms with E-state index in [-0.39, 0.29) is 0 Å². The summed E-state index contributed by atoms with van der Waals surface area (Å²) < 4.78 is 0. The molecule has 0 aliphatic carbocycles. The summed E-state index contributed by atoms with van der Waals surface area (Å²) in [5.41, 5.74) is 3.66. The molecule has 0 spiro atoms. The van der Waals surface area contributed by atoms with Crippen molar-refractivity contribution in [1.29, 1.82) is 0 Å². The van der Waals surface area contributed by atoms with Gasteiger partial charge in [-0.2, -0.15) is 0 Å². The summed E-state index contributed by atoms with van der Waals surface area (Å²) in [6.07, 6.45) is 17.2. The molecule has 0 saturated carbocycles. The number of rotatable bonds is 10. The zero-order valence-corrected chi connectivity index (χ0v) is 13.8. The fraction of sp³-hybridized carbons (Fsp3) is 0.526. The molecule has 0 atom stereocenters. The molecule has 0 aromatic carbocycles. The zero-order valence-electron chi connectivity index (χ0n) is 13.8. The van der Waals surface area contributed by atoms with Crippen LogP contribution < -0.4 is 0 Å². The smallest absolute Gasteiger partial charge is 0.0400 e. The van der Waals surface area contributed by atoms with Crippen molar-refractivity contribution in [1.82, 2.24) is 0 Å². The van der Waals surface area contributed by atoms with Crippen molar-refractivity contribution in [3.05, 3.63) is 48.2 Å². The molecular formula is C19H31N. The molecule has 0 bridgehead atoms. The largest absolute Gasteiger partial charge is 0.263 e. The van der Waals surface area contributed by atoms with E-state index in [1.54, 1.807) is 0 Å².